The highest BCUT2D eigenvalue weighted by molar-refractivity contribution is 5.00. The molecule has 3 heteroatoms. The minimum Gasteiger partial charge on any atom is -0.330 e. The summed E-state index contributed by atoms with van der Waals surface area (Å²) in [6.45, 7) is 12.1. The minimum atomic E-state index is 0.224. The summed E-state index contributed by atoms with van der Waals surface area (Å²) < 4.78 is 0. The summed E-state index contributed by atoms with van der Waals surface area (Å²) >= 11 is 0. The second kappa shape index (κ2) is 8.35. The molecule has 3 nitrogen and oxygen atoms in total. The van der Waals surface area contributed by atoms with Crippen molar-refractivity contribution in [3.05, 3.63) is 6.42 Å². The predicted molar refractivity (Wildman–Crippen MR) is 87.7 cm³/mol. The Labute approximate surface area is 126 Å². The standard InChI is InChI=1S/C17H35N3/c1-16(2)13-15(14-17(3,4)20-16)9-12-19-11-8-6-5-7-10-18/h15,19-20H,5-8,10-14,18H2,1-4H3. The first kappa shape index (κ1) is 17.9. The lowest BCUT2D eigenvalue weighted by atomic mass is 9.75. The van der Waals surface area contributed by atoms with Crippen LogP contribution in [0, 0.1) is 12.3 Å². The zero-order valence-corrected chi connectivity index (χ0v) is 14.0. The first-order chi connectivity index (χ1) is 9.35. The number of hydrogen-bond acceptors (Lipinski definition) is 3. The van der Waals surface area contributed by atoms with Gasteiger partial charge in [0.25, 0.3) is 0 Å². The van der Waals surface area contributed by atoms with Crippen LogP contribution in [0.1, 0.15) is 66.2 Å². The van der Waals surface area contributed by atoms with Gasteiger partial charge in [-0.2, -0.15) is 0 Å². The van der Waals surface area contributed by atoms with Gasteiger partial charge in [-0.05, 0) is 72.4 Å². The van der Waals surface area contributed by atoms with Crippen molar-refractivity contribution in [3.63, 3.8) is 0 Å². The van der Waals surface area contributed by atoms with Gasteiger partial charge < -0.3 is 16.4 Å². The van der Waals surface area contributed by atoms with Gasteiger partial charge in [-0.1, -0.05) is 12.8 Å². The van der Waals surface area contributed by atoms with Gasteiger partial charge in [0, 0.05) is 24.0 Å². The van der Waals surface area contributed by atoms with Crippen molar-refractivity contribution in [2.24, 2.45) is 11.7 Å². The van der Waals surface area contributed by atoms with Gasteiger partial charge in [0.15, 0.2) is 0 Å². The molecule has 0 aromatic rings. The molecular weight excluding hydrogens is 246 g/mol. The summed E-state index contributed by atoms with van der Waals surface area (Å²) in [4.78, 5) is 0. The van der Waals surface area contributed by atoms with Gasteiger partial charge >= 0.3 is 0 Å². The summed E-state index contributed by atoms with van der Waals surface area (Å²) in [5.41, 5.74) is 5.93. The van der Waals surface area contributed by atoms with E-state index in [9.17, 15) is 0 Å². The van der Waals surface area contributed by atoms with E-state index in [1.165, 1.54) is 32.1 Å². The third-order valence-corrected chi connectivity index (χ3v) is 4.01. The van der Waals surface area contributed by atoms with E-state index in [0.717, 1.165) is 26.1 Å². The first-order valence-corrected chi connectivity index (χ1v) is 8.28. The molecule has 0 aromatic carbocycles. The lowest BCUT2D eigenvalue weighted by Gasteiger charge is -2.46. The van der Waals surface area contributed by atoms with Crippen LogP contribution in [0.5, 0.6) is 0 Å². The summed E-state index contributed by atoms with van der Waals surface area (Å²) in [5.74, 6) is 0.603. The summed E-state index contributed by atoms with van der Waals surface area (Å²) in [6, 6.07) is 0. The normalized spacial score (nSPS) is 22.1. The van der Waals surface area contributed by atoms with Crippen LogP contribution >= 0.6 is 0 Å². The molecule has 1 fully saturated rings. The van der Waals surface area contributed by atoms with E-state index in [1.54, 1.807) is 0 Å². The van der Waals surface area contributed by atoms with Crippen LogP contribution in [-0.4, -0.2) is 30.7 Å². The van der Waals surface area contributed by atoms with E-state index in [0.29, 0.717) is 5.92 Å². The largest absolute Gasteiger partial charge is 0.330 e. The SMILES string of the molecule is CC1(C)CC([C]CNCCCCCCN)CC(C)(C)N1. The number of unbranched alkanes of at least 4 members (excludes halogenated alkanes) is 3. The third-order valence-electron chi connectivity index (χ3n) is 4.01. The number of piperidine rings is 1. The lowest BCUT2D eigenvalue weighted by Crippen LogP contribution is -2.58. The summed E-state index contributed by atoms with van der Waals surface area (Å²) in [7, 11) is 0. The molecule has 2 radical (unpaired) electrons. The van der Waals surface area contributed by atoms with Crippen LogP contribution in [0.2, 0.25) is 0 Å². The van der Waals surface area contributed by atoms with Crippen molar-refractivity contribution in [3.8, 4) is 0 Å². The molecule has 1 heterocycles. The smallest absolute Gasteiger partial charge is 0.0132 e. The molecule has 0 amide bonds. The molecule has 1 saturated heterocycles. The van der Waals surface area contributed by atoms with Crippen molar-refractivity contribution in [2.75, 3.05) is 19.6 Å². The Morgan fingerprint density at radius 3 is 2.25 bits per heavy atom. The maximum absolute atomic E-state index is 5.49. The molecule has 1 aliphatic heterocycles. The van der Waals surface area contributed by atoms with Crippen LogP contribution in [0.25, 0.3) is 0 Å². The Bertz CT molecular complexity index is 245. The minimum absolute atomic E-state index is 0.224. The average Bonchev–Trinajstić information content (AvgIpc) is 2.28. The second-order valence-electron chi connectivity index (χ2n) is 7.58. The fourth-order valence-electron chi connectivity index (χ4n) is 3.52. The van der Waals surface area contributed by atoms with Crippen molar-refractivity contribution in [1.82, 2.24) is 10.6 Å². The number of nitrogens with two attached hydrogens (primary N) is 1. The van der Waals surface area contributed by atoms with Crippen LogP contribution in [0.3, 0.4) is 0 Å². The van der Waals surface area contributed by atoms with Crippen molar-refractivity contribution in [1.29, 1.82) is 0 Å². The van der Waals surface area contributed by atoms with Crippen molar-refractivity contribution in [2.45, 2.75) is 77.3 Å². The number of nitrogens with one attached hydrogen (secondary N) is 2. The molecular formula is C17H35N3. The number of rotatable bonds is 9. The Hall–Kier alpha value is -0.120. The first-order valence-electron chi connectivity index (χ1n) is 8.28. The molecule has 1 rings (SSSR count). The van der Waals surface area contributed by atoms with Crippen molar-refractivity contribution >= 4 is 0 Å². The van der Waals surface area contributed by atoms with Gasteiger partial charge in [0.2, 0.25) is 0 Å². The Kier molecular flexibility index (Phi) is 7.49. The molecule has 1 aliphatic rings. The van der Waals surface area contributed by atoms with E-state index in [1.807, 2.05) is 0 Å². The molecule has 0 unspecified atom stereocenters. The van der Waals surface area contributed by atoms with E-state index in [-0.39, 0.29) is 11.1 Å². The zero-order chi connectivity index (χ0) is 15.1. The molecule has 0 spiro atoms. The Balaban J connectivity index is 2.09. The van der Waals surface area contributed by atoms with Crippen LogP contribution in [-0.2, 0) is 0 Å². The maximum Gasteiger partial charge on any atom is 0.0132 e. The molecule has 0 saturated carbocycles. The predicted octanol–water partition coefficient (Wildman–Crippen LogP) is 2.73. The maximum atomic E-state index is 5.49. The fraction of sp³-hybridized carbons (Fsp3) is 0.941. The molecule has 4 N–H and O–H groups in total. The molecule has 0 bridgehead atoms. The average molecular weight is 281 g/mol. The van der Waals surface area contributed by atoms with E-state index >= 15 is 0 Å². The van der Waals surface area contributed by atoms with Crippen molar-refractivity contribution < 1.29 is 0 Å². The highest BCUT2D eigenvalue weighted by atomic mass is 15.0. The van der Waals surface area contributed by atoms with Crippen LogP contribution in [0.15, 0.2) is 0 Å². The number of hydrogen-bond donors (Lipinski definition) is 3. The summed E-state index contributed by atoms with van der Waals surface area (Å²) in [5, 5.41) is 7.22. The molecule has 0 aromatic heterocycles. The van der Waals surface area contributed by atoms with Gasteiger partial charge in [-0.25, -0.2) is 0 Å². The van der Waals surface area contributed by atoms with E-state index in [4.69, 9.17) is 5.73 Å². The molecule has 118 valence electrons. The molecule has 0 aliphatic carbocycles. The van der Waals surface area contributed by atoms with Crippen LogP contribution in [0.4, 0.5) is 0 Å². The summed E-state index contributed by atoms with van der Waals surface area (Å²) in [6.07, 6.45) is 11.0. The van der Waals surface area contributed by atoms with Crippen LogP contribution < -0.4 is 16.4 Å². The second-order valence-corrected chi connectivity index (χ2v) is 7.58. The molecule has 20 heavy (non-hydrogen) atoms. The monoisotopic (exact) mass is 281 g/mol. The zero-order valence-electron chi connectivity index (χ0n) is 14.0. The Morgan fingerprint density at radius 1 is 1.05 bits per heavy atom. The van der Waals surface area contributed by atoms with Gasteiger partial charge in [0.1, 0.15) is 0 Å². The van der Waals surface area contributed by atoms with Gasteiger partial charge in [0.05, 0.1) is 0 Å². The topological polar surface area (TPSA) is 50.1 Å². The Morgan fingerprint density at radius 2 is 1.65 bits per heavy atom. The van der Waals surface area contributed by atoms with E-state index in [2.05, 4.69) is 44.7 Å². The lowest BCUT2D eigenvalue weighted by molar-refractivity contribution is 0.142. The third kappa shape index (κ3) is 7.61. The van der Waals surface area contributed by atoms with Gasteiger partial charge in [-0.3, -0.25) is 0 Å². The molecule has 0 atom stereocenters. The fourth-order valence-corrected chi connectivity index (χ4v) is 3.52. The quantitative estimate of drug-likeness (QED) is 0.570. The van der Waals surface area contributed by atoms with E-state index < -0.39 is 0 Å². The highest BCUT2D eigenvalue weighted by Crippen LogP contribution is 2.33. The van der Waals surface area contributed by atoms with Gasteiger partial charge in [-0.15, -0.1) is 0 Å². The highest BCUT2D eigenvalue weighted by Gasteiger charge is 2.37.